The second-order valence-corrected chi connectivity index (χ2v) is 5.26. The molecule has 4 heteroatoms. The maximum Gasteiger partial charge on any atom is 0.269 e. The molecule has 3 rings (SSSR count). The molecule has 0 saturated heterocycles. The number of benzene rings is 2. The number of carbonyl (C=O) groups is 1. The first kappa shape index (κ1) is 13.4. The summed E-state index contributed by atoms with van der Waals surface area (Å²) in [6, 6.07) is 13.1. The van der Waals surface area contributed by atoms with Crippen LogP contribution in [0.3, 0.4) is 0 Å². The summed E-state index contributed by atoms with van der Waals surface area (Å²) in [4.78, 5) is 18.6. The van der Waals surface area contributed by atoms with E-state index in [0.717, 1.165) is 11.3 Å². The van der Waals surface area contributed by atoms with Gasteiger partial charge < -0.3 is 9.32 Å². The monoisotopic (exact) mass is 280 g/mol. The highest BCUT2D eigenvalue weighted by Gasteiger charge is 2.16. The number of ketones is 1. The second kappa shape index (κ2) is 5.05. The normalized spacial score (nSPS) is 10.8. The van der Waals surface area contributed by atoms with Gasteiger partial charge in [-0.15, -0.1) is 0 Å². The summed E-state index contributed by atoms with van der Waals surface area (Å²) in [7, 11) is 3.91. The van der Waals surface area contributed by atoms with Crippen molar-refractivity contribution < 1.29 is 9.21 Å². The van der Waals surface area contributed by atoms with Crippen LogP contribution in [0.15, 0.2) is 46.9 Å². The van der Waals surface area contributed by atoms with Crippen LogP contribution in [-0.4, -0.2) is 24.9 Å². The van der Waals surface area contributed by atoms with Gasteiger partial charge in [0.2, 0.25) is 5.78 Å². The Bertz CT molecular complexity index is 801. The fourth-order valence-electron chi connectivity index (χ4n) is 2.12. The van der Waals surface area contributed by atoms with Gasteiger partial charge >= 0.3 is 0 Å². The van der Waals surface area contributed by atoms with E-state index in [1.807, 2.05) is 56.3 Å². The predicted octanol–water partition coefficient (Wildman–Crippen LogP) is 3.43. The van der Waals surface area contributed by atoms with Crippen molar-refractivity contribution in [1.82, 2.24) is 4.98 Å². The first-order valence-corrected chi connectivity index (χ1v) is 6.74. The fraction of sp³-hybridized carbons (Fsp3) is 0.176. The molecule has 0 aliphatic heterocycles. The molecule has 0 amide bonds. The van der Waals surface area contributed by atoms with Crippen molar-refractivity contribution in [3.8, 4) is 0 Å². The number of hydrogen-bond donors (Lipinski definition) is 0. The molecule has 0 unspecified atom stereocenters. The average molecular weight is 280 g/mol. The number of aromatic nitrogens is 1. The molecular formula is C17H16N2O2. The molecule has 0 N–H and O–H groups in total. The van der Waals surface area contributed by atoms with Crippen molar-refractivity contribution in [2.75, 3.05) is 19.0 Å². The van der Waals surface area contributed by atoms with Crippen LogP contribution in [-0.2, 0) is 0 Å². The van der Waals surface area contributed by atoms with E-state index in [2.05, 4.69) is 4.98 Å². The molecule has 0 bridgehead atoms. The molecule has 21 heavy (non-hydrogen) atoms. The maximum absolute atomic E-state index is 12.4. The summed E-state index contributed by atoms with van der Waals surface area (Å²) in [6.45, 7) is 1.98. The van der Waals surface area contributed by atoms with Gasteiger partial charge in [-0.3, -0.25) is 4.79 Å². The second-order valence-electron chi connectivity index (χ2n) is 5.26. The Hall–Kier alpha value is -2.62. The molecule has 4 nitrogen and oxygen atoms in total. The Morgan fingerprint density at radius 3 is 2.48 bits per heavy atom. The molecule has 0 aliphatic carbocycles. The summed E-state index contributed by atoms with van der Waals surface area (Å²) in [5.41, 5.74) is 4.01. The molecule has 2 aromatic carbocycles. The molecule has 0 saturated carbocycles. The van der Waals surface area contributed by atoms with Gasteiger partial charge in [-0.25, -0.2) is 4.98 Å². The van der Waals surface area contributed by atoms with E-state index >= 15 is 0 Å². The zero-order valence-corrected chi connectivity index (χ0v) is 12.3. The Morgan fingerprint density at radius 1 is 1.10 bits per heavy atom. The van der Waals surface area contributed by atoms with Crippen LogP contribution < -0.4 is 4.90 Å². The third kappa shape index (κ3) is 2.52. The van der Waals surface area contributed by atoms with Gasteiger partial charge in [-0.2, -0.15) is 0 Å². The molecular weight excluding hydrogens is 264 g/mol. The lowest BCUT2D eigenvalue weighted by atomic mass is 10.1. The average Bonchev–Trinajstić information content (AvgIpc) is 2.90. The van der Waals surface area contributed by atoms with Gasteiger partial charge in [-0.05, 0) is 19.1 Å². The molecule has 1 heterocycles. The van der Waals surface area contributed by atoms with Crippen molar-refractivity contribution >= 4 is 22.6 Å². The first-order valence-electron chi connectivity index (χ1n) is 6.74. The number of hydrogen-bond acceptors (Lipinski definition) is 4. The van der Waals surface area contributed by atoms with Gasteiger partial charge in [0.1, 0.15) is 5.52 Å². The molecule has 0 atom stereocenters. The highest BCUT2D eigenvalue weighted by Crippen LogP contribution is 2.23. The lowest BCUT2D eigenvalue weighted by molar-refractivity contribution is 0.100. The standard InChI is InChI=1S/C17H16N2O2/c1-11-4-6-12(7-5-11)16(20)17-18-14-9-8-13(19(2)3)10-15(14)21-17/h4-10H,1-3H3. The largest absolute Gasteiger partial charge is 0.433 e. The van der Waals surface area contributed by atoms with Gasteiger partial charge in [0.05, 0.1) is 0 Å². The van der Waals surface area contributed by atoms with Crippen LogP contribution >= 0.6 is 0 Å². The fourth-order valence-corrected chi connectivity index (χ4v) is 2.12. The quantitative estimate of drug-likeness (QED) is 0.689. The van der Waals surface area contributed by atoms with Gasteiger partial charge in [0, 0.05) is 31.4 Å². The summed E-state index contributed by atoms with van der Waals surface area (Å²) >= 11 is 0. The first-order chi connectivity index (χ1) is 10.0. The summed E-state index contributed by atoms with van der Waals surface area (Å²) in [5, 5.41) is 0. The van der Waals surface area contributed by atoms with Crippen molar-refractivity contribution in [3.63, 3.8) is 0 Å². The number of nitrogens with zero attached hydrogens (tertiary/aromatic N) is 2. The molecule has 0 fully saturated rings. The minimum absolute atomic E-state index is 0.129. The van der Waals surface area contributed by atoms with Crippen LogP contribution in [0.5, 0.6) is 0 Å². The molecule has 0 aliphatic rings. The van der Waals surface area contributed by atoms with E-state index in [4.69, 9.17) is 4.42 Å². The van der Waals surface area contributed by atoms with Crippen LogP contribution in [0.1, 0.15) is 21.8 Å². The van der Waals surface area contributed by atoms with E-state index in [1.54, 1.807) is 12.1 Å². The smallest absolute Gasteiger partial charge is 0.269 e. The SMILES string of the molecule is Cc1ccc(C(=O)c2nc3ccc(N(C)C)cc3o2)cc1. The van der Waals surface area contributed by atoms with Crippen LogP contribution in [0.4, 0.5) is 5.69 Å². The highest BCUT2D eigenvalue weighted by atomic mass is 16.4. The van der Waals surface area contributed by atoms with Crippen molar-refractivity contribution in [1.29, 1.82) is 0 Å². The number of carbonyl (C=O) groups excluding carboxylic acids is 1. The lowest BCUT2D eigenvalue weighted by Gasteiger charge is -2.10. The highest BCUT2D eigenvalue weighted by molar-refractivity contribution is 6.07. The third-order valence-electron chi connectivity index (χ3n) is 3.40. The number of aryl methyl sites for hydroxylation is 1. The molecule has 3 aromatic rings. The van der Waals surface area contributed by atoms with E-state index in [1.165, 1.54) is 0 Å². The minimum Gasteiger partial charge on any atom is -0.433 e. The van der Waals surface area contributed by atoms with Gasteiger partial charge in [0.25, 0.3) is 5.89 Å². The van der Waals surface area contributed by atoms with Crippen LogP contribution in [0.25, 0.3) is 11.1 Å². The summed E-state index contributed by atoms with van der Waals surface area (Å²) < 4.78 is 5.62. The number of rotatable bonds is 3. The van der Waals surface area contributed by atoms with Gasteiger partial charge in [0.15, 0.2) is 5.58 Å². The minimum atomic E-state index is -0.197. The Morgan fingerprint density at radius 2 is 1.81 bits per heavy atom. The number of fused-ring (bicyclic) bond motifs is 1. The summed E-state index contributed by atoms with van der Waals surface area (Å²) in [6.07, 6.45) is 0. The lowest BCUT2D eigenvalue weighted by Crippen LogP contribution is -2.07. The molecule has 0 radical (unpaired) electrons. The third-order valence-corrected chi connectivity index (χ3v) is 3.40. The Kier molecular flexibility index (Phi) is 3.22. The van der Waals surface area contributed by atoms with E-state index in [0.29, 0.717) is 16.7 Å². The predicted molar refractivity (Wildman–Crippen MR) is 82.9 cm³/mol. The maximum atomic E-state index is 12.4. The van der Waals surface area contributed by atoms with Crippen LogP contribution in [0.2, 0.25) is 0 Å². The number of anilines is 1. The van der Waals surface area contributed by atoms with E-state index in [-0.39, 0.29) is 11.7 Å². The molecule has 0 spiro atoms. The zero-order valence-electron chi connectivity index (χ0n) is 12.3. The Labute approximate surface area is 123 Å². The van der Waals surface area contributed by atoms with Crippen molar-refractivity contribution in [2.45, 2.75) is 6.92 Å². The Balaban J connectivity index is 2.00. The van der Waals surface area contributed by atoms with Crippen molar-refractivity contribution in [2.24, 2.45) is 0 Å². The molecule has 1 aromatic heterocycles. The number of oxazole rings is 1. The van der Waals surface area contributed by atoms with Crippen molar-refractivity contribution in [3.05, 3.63) is 59.5 Å². The van der Waals surface area contributed by atoms with E-state index < -0.39 is 0 Å². The van der Waals surface area contributed by atoms with Gasteiger partial charge in [-0.1, -0.05) is 29.8 Å². The summed E-state index contributed by atoms with van der Waals surface area (Å²) in [5.74, 6) is -0.0673. The van der Waals surface area contributed by atoms with Crippen LogP contribution in [0, 0.1) is 6.92 Å². The van der Waals surface area contributed by atoms with E-state index in [9.17, 15) is 4.79 Å². The zero-order chi connectivity index (χ0) is 15.0. The molecule has 106 valence electrons. The topological polar surface area (TPSA) is 46.3 Å².